The molecule has 9 heteroatoms. The highest BCUT2D eigenvalue weighted by molar-refractivity contribution is 5.66. The van der Waals surface area contributed by atoms with Crippen molar-refractivity contribution < 1.29 is 9.90 Å². The molecule has 0 aromatic carbocycles. The van der Waals surface area contributed by atoms with Crippen LogP contribution in [0.3, 0.4) is 0 Å². The number of imidazole rings is 1. The van der Waals surface area contributed by atoms with Crippen molar-refractivity contribution in [3.8, 4) is 11.6 Å². The maximum Gasteiger partial charge on any atom is 0.408 e. The second kappa shape index (κ2) is 4.04. The zero-order chi connectivity index (χ0) is 13.6. The van der Waals surface area contributed by atoms with Gasteiger partial charge in [0.2, 0.25) is 5.82 Å². The molecule has 100 valence electrons. The zero-order valence-electron chi connectivity index (χ0n) is 10.6. The molecule has 1 aliphatic rings. The van der Waals surface area contributed by atoms with Gasteiger partial charge in [-0.2, -0.15) is 0 Å². The fraction of sp³-hybridized carbons (Fsp3) is 0.500. The zero-order valence-corrected chi connectivity index (χ0v) is 10.6. The number of aryl methyl sites for hydroxylation is 1. The predicted octanol–water partition coefficient (Wildman–Crippen LogP) is 0.0871. The molecule has 0 unspecified atom stereocenters. The molecule has 9 nitrogen and oxygen atoms in total. The average molecular weight is 263 g/mol. The number of carbonyl (C=O) groups is 1. The van der Waals surface area contributed by atoms with E-state index in [1.165, 1.54) is 4.90 Å². The van der Waals surface area contributed by atoms with Gasteiger partial charge >= 0.3 is 6.09 Å². The largest absolute Gasteiger partial charge is 0.465 e. The number of tetrazole rings is 1. The monoisotopic (exact) mass is 263 g/mol. The fourth-order valence-corrected chi connectivity index (χ4v) is 2.32. The van der Waals surface area contributed by atoms with Gasteiger partial charge in [-0.1, -0.05) is 0 Å². The number of hydrogen-bond donors (Lipinski definition) is 1. The molecule has 3 rings (SSSR count). The third kappa shape index (κ3) is 1.65. The Morgan fingerprint density at radius 3 is 2.74 bits per heavy atom. The second-order valence-electron chi connectivity index (χ2n) is 4.34. The molecule has 0 fully saturated rings. The molecule has 0 spiro atoms. The highest BCUT2D eigenvalue weighted by atomic mass is 16.4. The molecule has 1 aliphatic heterocycles. The summed E-state index contributed by atoms with van der Waals surface area (Å²) < 4.78 is 3.52. The van der Waals surface area contributed by atoms with Crippen molar-refractivity contribution in [2.75, 3.05) is 0 Å². The van der Waals surface area contributed by atoms with Crippen molar-refractivity contribution in [1.82, 2.24) is 34.7 Å². The summed E-state index contributed by atoms with van der Waals surface area (Å²) in [5.74, 6) is 1.27. The van der Waals surface area contributed by atoms with E-state index < -0.39 is 6.09 Å². The third-order valence-electron chi connectivity index (χ3n) is 3.24. The number of aromatic nitrogens is 6. The SMILES string of the molecule is CCn1c(-c2nnnn2C)nc2c1CN(C(=O)O)C2. The summed E-state index contributed by atoms with van der Waals surface area (Å²) in [4.78, 5) is 16.8. The number of rotatable bonds is 2. The maximum absolute atomic E-state index is 11.0. The smallest absolute Gasteiger partial charge is 0.408 e. The molecule has 0 saturated heterocycles. The number of hydrogen-bond acceptors (Lipinski definition) is 5. The van der Waals surface area contributed by atoms with Crippen molar-refractivity contribution in [2.24, 2.45) is 7.05 Å². The molecule has 0 aliphatic carbocycles. The molecule has 1 N–H and O–H groups in total. The van der Waals surface area contributed by atoms with Gasteiger partial charge in [0.15, 0.2) is 5.82 Å². The quantitative estimate of drug-likeness (QED) is 0.823. The number of nitrogens with zero attached hydrogens (tertiary/aromatic N) is 7. The Bertz CT molecular complexity index is 644. The van der Waals surface area contributed by atoms with Crippen molar-refractivity contribution in [2.45, 2.75) is 26.6 Å². The van der Waals surface area contributed by atoms with Crippen molar-refractivity contribution in [3.63, 3.8) is 0 Å². The van der Waals surface area contributed by atoms with Gasteiger partial charge in [-0.15, -0.1) is 5.10 Å². The van der Waals surface area contributed by atoms with Gasteiger partial charge < -0.3 is 9.67 Å². The van der Waals surface area contributed by atoms with Crippen molar-refractivity contribution in [3.05, 3.63) is 11.4 Å². The lowest BCUT2D eigenvalue weighted by Gasteiger charge is -2.12. The van der Waals surface area contributed by atoms with E-state index in [4.69, 9.17) is 5.11 Å². The Balaban J connectivity index is 2.06. The Labute approximate surface area is 108 Å². The summed E-state index contributed by atoms with van der Waals surface area (Å²) in [6.45, 7) is 3.35. The predicted molar refractivity (Wildman–Crippen MR) is 63.0 cm³/mol. The van der Waals surface area contributed by atoms with Crippen LogP contribution in [0.1, 0.15) is 18.3 Å². The lowest BCUT2D eigenvalue weighted by atomic mass is 10.4. The van der Waals surface area contributed by atoms with Gasteiger partial charge in [-0.3, -0.25) is 4.90 Å². The van der Waals surface area contributed by atoms with E-state index in [2.05, 4.69) is 20.5 Å². The van der Waals surface area contributed by atoms with Crippen LogP contribution < -0.4 is 0 Å². The van der Waals surface area contributed by atoms with Crippen LogP contribution in [0.4, 0.5) is 4.79 Å². The molecule has 0 bridgehead atoms. The Morgan fingerprint density at radius 2 is 2.16 bits per heavy atom. The Kier molecular flexibility index (Phi) is 2.47. The summed E-state index contributed by atoms with van der Waals surface area (Å²) in [6, 6.07) is 0. The highest BCUT2D eigenvalue weighted by Crippen LogP contribution is 2.27. The van der Waals surface area contributed by atoms with E-state index in [0.29, 0.717) is 31.3 Å². The van der Waals surface area contributed by atoms with E-state index in [0.717, 1.165) is 11.4 Å². The molecule has 0 saturated carbocycles. The lowest BCUT2D eigenvalue weighted by molar-refractivity contribution is 0.144. The van der Waals surface area contributed by atoms with Gasteiger partial charge in [0.05, 0.1) is 24.5 Å². The minimum Gasteiger partial charge on any atom is -0.465 e. The van der Waals surface area contributed by atoms with E-state index in [1.54, 1.807) is 11.7 Å². The molecular formula is C10H13N7O2. The topological polar surface area (TPSA) is 102 Å². The third-order valence-corrected chi connectivity index (χ3v) is 3.24. The minimum atomic E-state index is -0.928. The maximum atomic E-state index is 11.0. The van der Waals surface area contributed by atoms with Crippen LogP contribution in [-0.2, 0) is 26.7 Å². The lowest BCUT2D eigenvalue weighted by Crippen LogP contribution is -2.24. The number of carboxylic acid groups (broad SMARTS) is 1. The van der Waals surface area contributed by atoms with E-state index in [-0.39, 0.29) is 0 Å². The van der Waals surface area contributed by atoms with E-state index >= 15 is 0 Å². The van der Waals surface area contributed by atoms with Gasteiger partial charge in [-0.05, 0) is 17.4 Å². The van der Waals surface area contributed by atoms with Crippen molar-refractivity contribution in [1.29, 1.82) is 0 Å². The van der Waals surface area contributed by atoms with Crippen LogP contribution in [0.5, 0.6) is 0 Å². The molecule has 0 radical (unpaired) electrons. The van der Waals surface area contributed by atoms with Gasteiger partial charge in [0.25, 0.3) is 0 Å². The summed E-state index contributed by atoms with van der Waals surface area (Å²) in [5.41, 5.74) is 1.70. The van der Waals surface area contributed by atoms with Gasteiger partial charge in [0, 0.05) is 13.6 Å². The van der Waals surface area contributed by atoms with E-state index in [1.807, 2.05) is 11.5 Å². The Hall–Kier alpha value is -2.45. The Morgan fingerprint density at radius 1 is 1.37 bits per heavy atom. The van der Waals surface area contributed by atoms with Crippen LogP contribution in [0, 0.1) is 0 Å². The van der Waals surface area contributed by atoms with Crippen LogP contribution in [0.2, 0.25) is 0 Å². The summed E-state index contributed by atoms with van der Waals surface area (Å²) in [7, 11) is 1.75. The first-order valence-electron chi connectivity index (χ1n) is 5.90. The first-order valence-corrected chi connectivity index (χ1v) is 5.90. The van der Waals surface area contributed by atoms with Gasteiger partial charge in [0.1, 0.15) is 0 Å². The van der Waals surface area contributed by atoms with Crippen LogP contribution in [-0.4, -0.2) is 45.9 Å². The molecule has 3 heterocycles. The first kappa shape index (κ1) is 11.6. The molecule has 2 aromatic heterocycles. The number of amides is 1. The first-order chi connectivity index (χ1) is 9.11. The van der Waals surface area contributed by atoms with E-state index in [9.17, 15) is 4.79 Å². The standard InChI is InChI=1S/C10H13N7O2/c1-3-17-7-5-16(10(18)19)4-6(7)11-8(17)9-12-13-14-15(9)2/h3-5H2,1-2H3,(H,18,19). The normalized spacial score (nSPS) is 13.9. The highest BCUT2D eigenvalue weighted by Gasteiger charge is 2.30. The van der Waals surface area contributed by atoms with Crippen molar-refractivity contribution >= 4 is 6.09 Å². The van der Waals surface area contributed by atoms with Gasteiger partial charge in [-0.25, -0.2) is 14.5 Å². The average Bonchev–Trinajstić information content (AvgIpc) is 3.00. The van der Waals surface area contributed by atoms with Crippen LogP contribution >= 0.6 is 0 Å². The summed E-state index contributed by atoms with van der Waals surface area (Å²) in [6.07, 6.45) is -0.928. The molecule has 2 aromatic rings. The second-order valence-corrected chi connectivity index (χ2v) is 4.34. The molecule has 1 amide bonds. The van der Waals surface area contributed by atoms with Crippen LogP contribution in [0.15, 0.2) is 0 Å². The summed E-state index contributed by atoms with van der Waals surface area (Å²) in [5, 5.41) is 20.4. The minimum absolute atomic E-state index is 0.315. The summed E-state index contributed by atoms with van der Waals surface area (Å²) >= 11 is 0. The van der Waals surface area contributed by atoms with Crippen LogP contribution in [0.25, 0.3) is 11.6 Å². The molecular weight excluding hydrogens is 250 g/mol. The molecule has 19 heavy (non-hydrogen) atoms. The molecule has 0 atom stereocenters. The fourth-order valence-electron chi connectivity index (χ4n) is 2.32. The number of fused-ring (bicyclic) bond motifs is 1.